The molecule has 0 saturated carbocycles. The van der Waals surface area contributed by atoms with Crippen LogP contribution >= 0.6 is 0 Å². The van der Waals surface area contributed by atoms with Crippen molar-refractivity contribution < 1.29 is 4.74 Å². The quantitative estimate of drug-likeness (QED) is 0.742. The van der Waals surface area contributed by atoms with E-state index in [4.69, 9.17) is 4.74 Å². The Balaban J connectivity index is 2.50. The average Bonchev–Trinajstić information content (AvgIpc) is 2.39. The maximum atomic E-state index is 5.49. The largest absolute Gasteiger partial charge is 0.492 e. The third kappa shape index (κ3) is 6.06. The van der Waals surface area contributed by atoms with Gasteiger partial charge in [-0.25, -0.2) is 0 Å². The Morgan fingerprint density at radius 2 is 2.05 bits per heavy atom. The number of nitrogens with one attached hydrogen (secondary N) is 1. The van der Waals surface area contributed by atoms with Crippen LogP contribution in [-0.2, 0) is 6.42 Å². The second kappa shape index (κ2) is 8.92. The van der Waals surface area contributed by atoms with Crippen LogP contribution in [0.15, 0.2) is 18.5 Å². The molecule has 0 radical (unpaired) electrons. The Hall–Kier alpha value is -1.09. The van der Waals surface area contributed by atoms with Crippen molar-refractivity contribution >= 4 is 0 Å². The van der Waals surface area contributed by atoms with Gasteiger partial charge in [-0.2, -0.15) is 0 Å². The summed E-state index contributed by atoms with van der Waals surface area (Å²) in [5, 5.41) is 3.63. The first kappa shape index (κ1) is 16.0. The second-order valence-electron chi connectivity index (χ2n) is 5.31. The van der Waals surface area contributed by atoms with Crippen LogP contribution in [0, 0.1) is 5.92 Å². The molecule has 0 fully saturated rings. The van der Waals surface area contributed by atoms with Crippen LogP contribution in [0.2, 0.25) is 0 Å². The summed E-state index contributed by atoms with van der Waals surface area (Å²) in [7, 11) is 0. The molecule has 1 unspecified atom stereocenters. The summed E-state index contributed by atoms with van der Waals surface area (Å²) in [6.07, 6.45) is 7.11. The zero-order valence-corrected chi connectivity index (χ0v) is 12.8. The zero-order valence-electron chi connectivity index (χ0n) is 12.8. The molecule has 3 nitrogen and oxygen atoms in total. The van der Waals surface area contributed by atoms with E-state index in [9.17, 15) is 0 Å². The van der Waals surface area contributed by atoms with Gasteiger partial charge in [0.1, 0.15) is 5.75 Å². The number of aryl methyl sites for hydroxylation is 1. The highest BCUT2D eigenvalue weighted by Gasteiger charge is 2.12. The van der Waals surface area contributed by atoms with Crippen molar-refractivity contribution in [3.05, 3.63) is 24.0 Å². The zero-order chi connectivity index (χ0) is 14.1. The lowest BCUT2D eigenvalue weighted by atomic mass is 9.97. The third-order valence-corrected chi connectivity index (χ3v) is 3.29. The fourth-order valence-corrected chi connectivity index (χ4v) is 2.17. The van der Waals surface area contributed by atoms with E-state index in [1.165, 1.54) is 12.0 Å². The Kier molecular flexibility index (Phi) is 7.49. The van der Waals surface area contributed by atoms with E-state index >= 15 is 0 Å². The molecule has 19 heavy (non-hydrogen) atoms. The van der Waals surface area contributed by atoms with E-state index in [0.717, 1.165) is 25.1 Å². The fourth-order valence-electron chi connectivity index (χ4n) is 2.17. The minimum Gasteiger partial charge on any atom is -0.492 e. The molecule has 0 bridgehead atoms. The van der Waals surface area contributed by atoms with Crippen LogP contribution < -0.4 is 10.1 Å². The molecule has 108 valence electrons. The lowest BCUT2D eigenvalue weighted by molar-refractivity contribution is 0.338. The number of hydrogen-bond donors (Lipinski definition) is 1. The molecule has 3 heteroatoms. The van der Waals surface area contributed by atoms with Gasteiger partial charge in [0.15, 0.2) is 0 Å². The van der Waals surface area contributed by atoms with E-state index in [1.54, 1.807) is 6.20 Å². The monoisotopic (exact) mass is 264 g/mol. The Morgan fingerprint density at radius 1 is 1.26 bits per heavy atom. The molecule has 1 aromatic rings. The molecular weight excluding hydrogens is 236 g/mol. The molecule has 1 rings (SSSR count). The van der Waals surface area contributed by atoms with Crippen LogP contribution in [0.4, 0.5) is 0 Å². The molecule has 0 saturated heterocycles. The van der Waals surface area contributed by atoms with E-state index < -0.39 is 0 Å². The summed E-state index contributed by atoms with van der Waals surface area (Å²) in [6.45, 7) is 10.6. The summed E-state index contributed by atoms with van der Waals surface area (Å²) in [4.78, 5) is 4.24. The molecule has 0 aromatic carbocycles. The maximum absolute atomic E-state index is 5.49. The molecule has 0 aliphatic rings. The van der Waals surface area contributed by atoms with Crippen LogP contribution in [0.25, 0.3) is 0 Å². The van der Waals surface area contributed by atoms with Gasteiger partial charge in [-0.3, -0.25) is 4.98 Å². The van der Waals surface area contributed by atoms with E-state index in [2.05, 4.69) is 37.1 Å². The molecular formula is C16H28N2O. The van der Waals surface area contributed by atoms with Gasteiger partial charge in [-0.05, 0) is 50.3 Å². The van der Waals surface area contributed by atoms with Gasteiger partial charge >= 0.3 is 0 Å². The smallest absolute Gasteiger partial charge is 0.137 e. The van der Waals surface area contributed by atoms with E-state index in [-0.39, 0.29) is 0 Å². The summed E-state index contributed by atoms with van der Waals surface area (Å²) in [5.74, 6) is 1.54. The van der Waals surface area contributed by atoms with Crippen LogP contribution in [0.1, 0.15) is 46.1 Å². The van der Waals surface area contributed by atoms with Crippen molar-refractivity contribution in [1.82, 2.24) is 10.3 Å². The standard InChI is InChI=1S/C16H28N2O/c1-5-9-18-16(13(3)4)8-7-14-10-15(19-6-2)12-17-11-14/h10-13,16,18H,5-9H2,1-4H3. The van der Waals surface area contributed by atoms with Gasteiger partial charge in [0.05, 0.1) is 12.8 Å². The number of hydrogen-bond acceptors (Lipinski definition) is 3. The third-order valence-electron chi connectivity index (χ3n) is 3.29. The first-order chi connectivity index (χ1) is 9.17. The molecule has 1 atom stereocenters. The highest BCUT2D eigenvalue weighted by Crippen LogP contribution is 2.15. The highest BCUT2D eigenvalue weighted by atomic mass is 16.5. The van der Waals surface area contributed by atoms with Gasteiger partial charge in [-0.1, -0.05) is 20.8 Å². The van der Waals surface area contributed by atoms with Crippen molar-refractivity contribution in [3.8, 4) is 5.75 Å². The molecule has 0 spiro atoms. The van der Waals surface area contributed by atoms with E-state index in [1.807, 2.05) is 13.1 Å². The molecule has 0 amide bonds. The van der Waals surface area contributed by atoms with Crippen molar-refractivity contribution in [1.29, 1.82) is 0 Å². The number of ether oxygens (including phenoxy) is 1. The van der Waals surface area contributed by atoms with Gasteiger partial charge < -0.3 is 10.1 Å². The predicted octanol–water partition coefficient (Wildman–Crippen LogP) is 3.44. The Morgan fingerprint density at radius 3 is 2.68 bits per heavy atom. The van der Waals surface area contributed by atoms with Gasteiger partial charge in [0.25, 0.3) is 0 Å². The number of rotatable bonds is 9. The summed E-state index contributed by atoms with van der Waals surface area (Å²) in [5.41, 5.74) is 1.26. The molecule has 0 aliphatic heterocycles. The van der Waals surface area contributed by atoms with Crippen LogP contribution in [0.5, 0.6) is 5.75 Å². The lowest BCUT2D eigenvalue weighted by Gasteiger charge is -2.22. The molecule has 1 aromatic heterocycles. The maximum Gasteiger partial charge on any atom is 0.137 e. The van der Waals surface area contributed by atoms with Crippen LogP contribution in [-0.4, -0.2) is 24.2 Å². The molecule has 1 heterocycles. The topological polar surface area (TPSA) is 34.2 Å². The Bertz CT molecular complexity index is 352. The first-order valence-electron chi connectivity index (χ1n) is 7.47. The number of nitrogens with zero attached hydrogens (tertiary/aromatic N) is 1. The molecule has 0 aliphatic carbocycles. The minimum atomic E-state index is 0.579. The summed E-state index contributed by atoms with van der Waals surface area (Å²) < 4.78 is 5.49. The lowest BCUT2D eigenvalue weighted by Crippen LogP contribution is -2.34. The summed E-state index contributed by atoms with van der Waals surface area (Å²) >= 11 is 0. The Labute approximate surface area is 117 Å². The second-order valence-corrected chi connectivity index (χ2v) is 5.31. The summed E-state index contributed by atoms with van der Waals surface area (Å²) in [6, 6.07) is 2.68. The minimum absolute atomic E-state index is 0.579. The first-order valence-corrected chi connectivity index (χ1v) is 7.47. The van der Waals surface area contributed by atoms with Crippen molar-refractivity contribution in [2.45, 2.75) is 53.0 Å². The number of pyridine rings is 1. The normalized spacial score (nSPS) is 12.7. The van der Waals surface area contributed by atoms with Gasteiger partial charge in [0, 0.05) is 12.2 Å². The fraction of sp³-hybridized carbons (Fsp3) is 0.688. The average molecular weight is 264 g/mol. The van der Waals surface area contributed by atoms with Crippen molar-refractivity contribution in [2.75, 3.05) is 13.2 Å². The van der Waals surface area contributed by atoms with Crippen LogP contribution in [0.3, 0.4) is 0 Å². The van der Waals surface area contributed by atoms with Gasteiger partial charge in [-0.15, -0.1) is 0 Å². The van der Waals surface area contributed by atoms with Crippen molar-refractivity contribution in [2.24, 2.45) is 5.92 Å². The van der Waals surface area contributed by atoms with Gasteiger partial charge in [0.2, 0.25) is 0 Å². The van der Waals surface area contributed by atoms with Crippen molar-refractivity contribution in [3.63, 3.8) is 0 Å². The SMILES string of the molecule is CCCNC(CCc1cncc(OCC)c1)C(C)C. The number of aromatic nitrogens is 1. The highest BCUT2D eigenvalue weighted by molar-refractivity contribution is 5.23. The van der Waals surface area contributed by atoms with E-state index in [0.29, 0.717) is 18.6 Å². The molecule has 1 N–H and O–H groups in total. The predicted molar refractivity (Wildman–Crippen MR) is 80.6 cm³/mol.